The molecule has 0 saturated heterocycles. The second kappa shape index (κ2) is 9.08. The Morgan fingerprint density at radius 3 is 2.74 bits per heavy atom. The van der Waals surface area contributed by atoms with Crippen LogP contribution in [-0.4, -0.2) is 41.7 Å². The summed E-state index contributed by atoms with van der Waals surface area (Å²) in [7, 11) is 0. The maximum Gasteiger partial charge on any atom is 0.335 e. The zero-order valence-corrected chi connectivity index (χ0v) is 22.5. The lowest BCUT2D eigenvalue weighted by atomic mass is 9.84. The fraction of sp³-hybridized carbons (Fsp3) is 0.103. The predicted molar refractivity (Wildman–Crippen MR) is 152 cm³/mol. The number of carboxylic acids is 1. The SMILES string of the molecule is CC1(c2nc3cc(C(=O)O)ccc3o2)C(=O)Nc2nc(-c3nn(Cc4ccccc4F)c4cc(Cl)ccc34)nc(N)c21. The summed E-state index contributed by atoms with van der Waals surface area (Å²) in [5.74, 6) is -1.69. The number of hydrogen-bond acceptors (Lipinski definition) is 8. The summed E-state index contributed by atoms with van der Waals surface area (Å²) in [6.45, 7) is 1.71. The summed E-state index contributed by atoms with van der Waals surface area (Å²) >= 11 is 6.28. The summed E-state index contributed by atoms with van der Waals surface area (Å²) in [6.07, 6.45) is 0. The van der Waals surface area contributed by atoms with Gasteiger partial charge < -0.3 is 20.6 Å². The van der Waals surface area contributed by atoms with E-state index in [0.29, 0.717) is 32.8 Å². The quantitative estimate of drug-likeness (QED) is 0.253. The van der Waals surface area contributed by atoms with E-state index in [1.165, 1.54) is 24.3 Å². The number of halogens is 2. The molecule has 1 aliphatic heterocycles. The molecule has 0 radical (unpaired) electrons. The number of nitrogens with zero attached hydrogens (tertiary/aromatic N) is 5. The Hall–Kier alpha value is -5.36. The smallest absolute Gasteiger partial charge is 0.335 e. The molecule has 208 valence electrons. The molecule has 0 fully saturated rings. The molecule has 4 heterocycles. The monoisotopic (exact) mass is 583 g/mol. The van der Waals surface area contributed by atoms with Crippen molar-refractivity contribution in [1.82, 2.24) is 24.7 Å². The van der Waals surface area contributed by atoms with Crippen LogP contribution in [0.25, 0.3) is 33.5 Å². The number of anilines is 2. The molecule has 7 rings (SSSR count). The third-order valence-corrected chi connectivity index (χ3v) is 7.62. The van der Waals surface area contributed by atoms with E-state index in [4.69, 9.17) is 21.8 Å². The normalized spacial score (nSPS) is 16.2. The molecule has 6 aromatic rings. The average Bonchev–Trinajstić information content (AvgIpc) is 3.62. The van der Waals surface area contributed by atoms with Crippen LogP contribution in [0.2, 0.25) is 5.02 Å². The number of hydrogen-bond donors (Lipinski definition) is 3. The first-order chi connectivity index (χ1) is 20.1. The first-order valence-corrected chi connectivity index (χ1v) is 13.0. The maximum absolute atomic E-state index is 14.5. The van der Waals surface area contributed by atoms with Crippen molar-refractivity contribution in [3.8, 4) is 11.5 Å². The van der Waals surface area contributed by atoms with Crippen molar-refractivity contribution in [1.29, 1.82) is 0 Å². The van der Waals surface area contributed by atoms with Gasteiger partial charge in [-0.05, 0) is 49.4 Å². The Labute approximate surface area is 240 Å². The summed E-state index contributed by atoms with van der Waals surface area (Å²) in [5, 5.41) is 17.9. The highest BCUT2D eigenvalue weighted by molar-refractivity contribution is 6.31. The van der Waals surface area contributed by atoms with Crippen molar-refractivity contribution in [3.05, 3.63) is 94.1 Å². The van der Waals surface area contributed by atoms with Gasteiger partial charge in [-0.3, -0.25) is 9.48 Å². The average molecular weight is 584 g/mol. The largest absolute Gasteiger partial charge is 0.478 e. The number of oxazole rings is 1. The number of nitrogens with one attached hydrogen (secondary N) is 1. The van der Waals surface area contributed by atoms with Crippen molar-refractivity contribution in [3.63, 3.8) is 0 Å². The highest BCUT2D eigenvalue weighted by Crippen LogP contribution is 2.45. The van der Waals surface area contributed by atoms with Crippen LogP contribution in [0.5, 0.6) is 0 Å². The number of rotatable bonds is 5. The lowest BCUT2D eigenvalue weighted by Crippen LogP contribution is -2.33. The topological polar surface area (TPSA) is 162 Å². The molecule has 0 spiro atoms. The van der Waals surface area contributed by atoms with Gasteiger partial charge in [0.15, 0.2) is 16.8 Å². The van der Waals surface area contributed by atoms with Gasteiger partial charge in [0.25, 0.3) is 0 Å². The number of carboxylic acid groups (broad SMARTS) is 1. The standard InChI is InChI=1S/C29H19ClFN7O4/c1-29(28-33-18-10-13(26(39)40)6-9-20(18)42-28)21-23(32)34-25(35-24(21)36-27(29)41)22-16-8-7-15(30)11-19(16)38(37-22)12-14-4-2-3-5-17(14)31/h2-11H,12H2,1H3,(H,39,40)(H3,32,34,35,36,41). The second-order valence-electron chi connectivity index (χ2n) is 10.0. The van der Waals surface area contributed by atoms with Gasteiger partial charge in [-0.15, -0.1) is 0 Å². The zero-order chi connectivity index (χ0) is 29.3. The van der Waals surface area contributed by atoms with Gasteiger partial charge >= 0.3 is 5.97 Å². The predicted octanol–water partition coefficient (Wildman–Crippen LogP) is 5.01. The Bertz CT molecular complexity index is 2120. The molecule has 1 amide bonds. The van der Waals surface area contributed by atoms with Crippen molar-refractivity contribution >= 4 is 57.1 Å². The highest BCUT2D eigenvalue weighted by Gasteiger charge is 2.51. The Kier molecular flexibility index (Phi) is 5.53. The fourth-order valence-electron chi connectivity index (χ4n) is 5.21. The van der Waals surface area contributed by atoms with Gasteiger partial charge in [-0.1, -0.05) is 29.8 Å². The molecule has 1 atom stereocenters. The Morgan fingerprint density at radius 1 is 1.14 bits per heavy atom. The van der Waals surface area contributed by atoms with Gasteiger partial charge in [0.1, 0.15) is 28.7 Å². The Balaban J connectivity index is 1.35. The number of aromatic carboxylic acids is 1. The summed E-state index contributed by atoms with van der Waals surface area (Å²) in [5.41, 5.74) is 7.25. The Morgan fingerprint density at radius 2 is 1.95 bits per heavy atom. The number of nitrogen functional groups attached to an aromatic ring is 1. The van der Waals surface area contributed by atoms with Crippen LogP contribution in [0.1, 0.15) is 34.3 Å². The third kappa shape index (κ3) is 3.79. The van der Waals surface area contributed by atoms with Crippen LogP contribution in [0, 0.1) is 5.82 Å². The van der Waals surface area contributed by atoms with Crippen LogP contribution in [0.4, 0.5) is 16.0 Å². The van der Waals surface area contributed by atoms with E-state index in [1.54, 1.807) is 48.0 Å². The maximum atomic E-state index is 14.5. The van der Waals surface area contributed by atoms with Crippen molar-refractivity contribution < 1.29 is 23.5 Å². The molecule has 42 heavy (non-hydrogen) atoms. The van der Waals surface area contributed by atoms with E-state index in [1.807, 2.05) is 0 Å². The molecule has 3 aromatic carbocycles. The summed E-state index contributed by atoms with van der Waals surface area (Å²) in [6, 6.07) is 15.8. The van der Waals surface area contributed by atoms with Gasteiger partial charge in [-0.25, -0.2) is 24.1 Å². The van der Waals surface area contributed by atoms with Crippen molar-refractivity contribution in [2.45, 2.75) is 18.9 Å². The van der Waals surface area contributed by atoms with Gasteiger partial charge in [0.05, 0.1) is 23.2 Å². The number of aromatic nitrogens is 5. The fourth-order valence-corrected chi connectivity index (χ4v) is 5.38. The first kappa shape index (κ1) is 25.6. The van der Waals surface area contributed by atoms with Gasteiger partial charge in [0, 0.05) is 16.0 Å². The number of amides is 1. The number of fused-ring (bicyclic) bond motifs is 3. The molecule has 11 nitrogen and oxygen atoms in total. The van der Waals surface area contributed by atoms with Crippen LogP contribution >= 0.6 is 11.6 Å². The highest BCUT2D eigenvalue weighted by atomic mass is 35.5. The summed E-state index contributed by atoms with van der Waals surface area (Å²) in [4.78, 5) is 38.3. The van der Waals surface area contributed by atoms with E-state index in [9.17, 15) is 19.1 Å². The molecule has 0 saturated carbocycles. The lowest BCUT2D eigenvalue weighted by molar-refractivity contribution is -0.119. The first-order valence-electron chi connectivity index (χ1n) is 12.7. The minimum absolute atomic E-state index is 0.00454. The van der Waals surface area contributed by atoms with Crippen molar-refractivity contribution in [2.24, 2.45) is 0 Å². The van der Waals surface area contributed by atoms with Gasteiger partial charge in [0.2, 0.25) is 11.8 Å². The van der Waals surface area contributed by atoms with Crippen LogP contribution in [-0.2, 0) is 16.8 Å². The minimum atomic E-state index is -1.50. The molecule has 0 bridgehead atoms. The van der Waals surface area contributed by atoms with E-state index in [-0.39, 0.29) is 52.4 Å². The third-order valence-electron chi connectivity index (χ3n) is 7.39. The minimum Gasteiger partial charge on any atom is -0.478 e. The molecule has 0 aliphatic carbocycles. The molecule has 1 unspecified atom stereocenters. The van der Waals surface area contributed by atoms with E-state index < -0.39 is 17.3 Å². The van der Waals surface area contributed by atoms with Crippen molar-refractivity contribution in [2.75, 3.05) is 11.1 Å². The second-order valence-corrected chi connectivity index (χ2v) is 10.4. The van der Waals surface area contributed by atoms with E-state index in [0.717, 1.165) is 0 Å². The summed E-state index contributed by atoms with van der Waals surface area (Å²) < 4.78 is 22.0. The van der Waals surface area contributed by atoms with Gasteiger partial charge in [-0.2, -0.15) is 5.10 Å². The molecule has 1 aliphatic rings. The van der Waals surface area contributed by atoms with Crippen LogP contribution in [0.15, 0.2) is 65.1 Å². The van der Waals surface area contributed by atoms with E-state index >= 15 is 0 Å². The zero-order valence-electron chi connectivity index (χ0n) is 21.7. The number of carbonyl (C=O) groups excluding carboxylic acids is 1. The van der Waals surface area contributed by atoms with Crippen LogP contribution in [0.3, 0.4) is 0 Å². The lowest BCUT2D eigenvalue weighted by Gasteiger charge is -2.18. The molecular weight excluding hydrogens is 565 g/mol. The molecule has 3 aromatic heterocycles. The number of nitrogens with two attached hydrogens (primary N) is 1. The number of carbonyl (C=O) groups is 2. The molecule has 4 N–H and O–H groups in total. The van der Waals surface area contributed by atoms with Crippen LogP contribution < -0.4 is 11.1 Å². The molecular formula is C29H19ClFN7O4. The molecule has 13 heteroatoms. The van der Waals surface area contributed by atoms with E-state index in [2.05, 4.69) is 25.4 Å². The number of benzene rings is 3.